The second kappa shape index (κ2) is 5.19. The molecule has 1 aromatic carbocycles. The maximum atomic E-state index is 12.1. The second-order valence-electron chi connectivity index (χ2n) is 3.78. The van der Waals surface area contributed by atoms with Gasteiger partial charge in [0.15, 0.2) is 11.5 Å². The molecule has 0 N–H and O–H groups in total. The van der Waals surface area contributed by atoms with Gasteiger partial charge in [0.1, 0.15) is 13.2 Å². The van der Waals surface area contributed by atoms with E-state index in [2.05, 4.69) is 0 Å². The summed E-state index contributed by atoms with van der Waals surface area (Å²) in [4.78, 5) is 0.678. The highest BCUT2D eigenvalue weighted by Crippen LogP contribution is 2.32. The van der Waals surface area contributed by atoms with Crippen molar-refractivity contribution < 1.29 is 13.7 Å². The number of benzene rings is 1. The molecule has 0 aliphatic carbocycles. The van der Waals surface area contributed by atoms with E-state index >= 15 is 0 Å². The van der Waals surface area contributed by atoms with Crippen LogP contribution in [0.15, 0.2) is 23.1 Å². The molecule has 2 rings (SSSR count). The van der Waals surface area contributed by atoms with Gasteiger partial charge >= 0.3 is 0 Å². The molecule has 5 heteroatoms. The van der Waals surface area contributed by atoms with E-state index in [0.29, 0.717) is 29.6 Å². The first-order valence-electron chi connectivity index (χ1n) is 5.39. The summed E-state index contributed by atoms with van der Waals surface area (Å²) in [5, 5.41) is 8.42. The first-order chi connectivity index (χ1) is 8.22. The molecule has 0 amide bonds. The van der Waals surface area contributed by atoms with Gasteiger partial charge in [-0.2, -0.15) is 5.26 Å². The highest BCUT2D eigenvalue weighted by Gasteiger charge is 2.17. The summed E-state index contributed by atoms with van der Waals surface area (Å²) in [6, 6.07) is 7.29. The Labute approximate surface area is 103 Å². The summed E-state index contributed by atoms with van der Waals surface area (Å²) in [6.45, 7) is 2.85. The van der Waals surface area contributed by atoms with Gasteiger partial charge in [0, 0.05) is 22.6 Å². The maximum Gasteiger partial charge on any atom is 0.162 e. The molecule has 0 bridgehead atoms. The van der Waals surface area contributed by atoms with Gasteiger partial charge in [0.05, 0.1) is 16.9 Å². The van der Waals surface area contributed by atoms with Crippen LogP contribution < -0.4 is 9.47 Å². The van der Waals surface area contributed by atoms with E-state index in [9.17, 15) is 4.21 Å². The molecule has 0 fully saturated rings. The third-order valence-corrected chi connectivity index (χ3v) is 4.11. The van der Waals surface area contributed by atoms with Crippen LogP contribution in [0.1, 0.15) is 13.3 Å². The Hall–Kier alpha value is -1.54. The Morgan fingerprint density at radius 2 is 2.12 bits per heavy atom. The molecule has 0 saturated carbocycles. The van der Waals surface area contributed by atoms with Gasteiger partial charge in [-0.3, -0.25) is 4.21 Å². The minimum atomic E-state index is -1.18. The lowest BCUT2D eigenvalue weighted by atomic mass is 10.3. The fourth-order valence-electron chi connectivity index (χ4n) is 1.59. The molecule has 90 valence electrons. The zero-order valence-corrected chi connectivity index (χ0v) is 10.3. The van der Waals surface area contributed by atoms with E-state index < -0.39 is 10.8 Å². The largest absolute Gasteiger partial charge is 0.486 e. The average Bonchev–Trinajstić information content (AvgIpc) is 2.37. The summed E-state index contributed by atoms with van der Waals surface area (Å²) >= 11 is 0. The van der Waals surface area contributed by atoms with Crippen LogP contribution in [0.25, 0.3) is 0 Å². The lowest BCUT2D eigenvalue weighted by Gasteiger charge is -2.19. The molecule has 0 aromatic heterocycles. The van der Waals surface area contributed by atoms with Crippen molar-refractivity contribution >= 4 is 10.8 Å². The summed E-state index contributed by atoms with van der Waals surface area (Å²) in [5.41, 5.74) is 0. The zero-order valence-electron chi connectivity index (χ0n) is 9.51. The van der Waals surface area contributed by atoms with E-state index in [1.165, 1.54) is 0 Å². The minimum absolute atomic E-state index is 0.178. The van der Waals surface area contributed by atoms with Crippen LogP contribution in [0.3, 0.4) is 0 Å². The monoisotopic (exact) mass is 251 g/mol. The van der Waals surface area contributed by atoms with Crippen LogP contribution in [0.2, 0.25) is 0 Å². The second-order valence-corrected chi connectivity index (χ2v) is 5.65. The summed E-state index contributed by atoms with van der Waals surface area (Å²) in [6.07, 6.45) is 0.279. The number of hydrogen-bond donors (Lipinski definition) is 0. The number of fused-ring (bicyclic) bond motifs is 1. The number of nitriles is 1. The average molecular weight is 251 g/mol. The van der Waals surface area contributed by atoms with Crippen molar-refractivity contribution in [2.45, 2.75) is 23.5 Å². The molecule has 0 saturated heterocycles. The Bertz CT molecular complexity index is 481. The van der Waals surface area contributed by atoms with Crippen molar-refractivity contribution in [1.82, 2.24) is 0 Å². The zero-order chi connectivity index (χ0) is 12.3. The predicted molar refractivity (Wildman–Crippen MR) is 63.5 cm³/mol. The lowest BCUT2D eigenvalue weighted by molar-refractivity contribution is 0.171. The quantitative estimate of drug-likeness (QED) is 0.822. The Morgan fingerprint density at radius 3 is 2.82 bits per heavy atom. The van der Waals surface area contributed by atoms with E-state index in [0.717, 1.165) is 0 Å². The molecule has 0 spiro atoms. The molecular weight excluding hydrogens is 238 g/mol. The van der Waals surface area contributed by atoms with Crippen LogP contribution >= 0.6 is 0 Å². The van der Waals surface area contributed by atoms with Crippen molar-refractivity contribution in [3.8, 4) is 17.6 Å². The highest BCUT2D eigenvalue weighted by molar-refractivity contribution is 7.85. The predicted octanol–water partition coefficient (Wildman–Crippen LogP) is 1.87. The Morgan fingerprint density at radius 1 is 1.41 bits per heavy atom. The van der Waals surface area contributed by atoms with Crippen molar-refractivity contribution in [3.63, 3.8) is 0 Å². The van der Waals surface area contributed by atoms with Crippen molar-refractivity contribution in [2.24, 2.45) is 0 Å². The third kappa shape index (κ3) is 2.59. The molecule has 4 nitrogen and oxygen atoms in total. The molecule has 2 atom stereocenters. The van der Waals surface area contributed by atoms with Crippen LogP contribution in [-0.4, -0.2) is 22.7 Å². The smallest absolute Gasteiger partial charge is 0.162 e. The van der Waals surface area contributed by atoms with Crippen molar-refractivity contribution in [3.05, 3.63) is 18.2 Å². The van der Waals surface area contributed by atoms with E-state index in [1.807, 2.05) is 6.07 Å². The molecule has 1 aliphatic heterocycles. The number of hydrogen-bond acceptors (Lipinski definition) is 4. The topological polar surface area (TPSA) is 59.3 Å². The first kappa shape index (κ1) is 11.9. The summed E-state index contributed by atoms with van der Waals surface area (Å²) in [5.74, 6) is 1.32. The summed E-state index contributed by atoms with van der Waals surface area (Å²) in [7, 11) is -1.18. The van der Waals surface area contributed by atoms with Crippen LogP contribution in [-0.2, 0) is 10.8 Å². The normalized spacial score (nSPS) is 16.9. The molecular formula is C12H13NO3S. The standard InChI is InChI=1S/C12H13NO3S/c1-9(4-5-13)17(14)10-2-3-11-12(8-10)16-7-6-15-11/h2-3,8-9H,4,6-7H2,1H3. The van der Waals surface area contributed by atoms with Gasteiger partial charge in [-0.05, 0) is 19.1 Å². The molecule has 1 aromatic rings. The number of rotatable bonds is 3. The SMILES string of the molecule is CC(CC#N)S(=O)c1ccc2c(c1)OCCO2. The molecule has 17 heavy (non-hydrogen) atoms. The minimum Gasteiger partial charge on any atom is -0.486 e. The Kier molecular flexibility index (Phi) is 3.64. The van der Waals surface area contributed by atoms with Crippen LogP contribution in [0, 0.1) is 11.3 Å². The van der Waals surface area contributed by atoms with Crippen molar-refractivity contribution in [1.29, 1.82) is 5.26 Å². The molecule has 0 radical (unpaired) electrons. The van der Waals surface area contributed by atoms with E-state index in [1.54, 1.807) is 25.1 Å². The maximum absolute atomic E-state index is 12.1. The van der Waals surface area contributed by atoms with Crippen LogP contribution in [0.5, 0.6) is 11.5 Å². The van der Waals surface area contributed by atoms with Gasteiger partial charge in [-0.1, -0.05) is 0 Å². The van der Waals surface area contributed by atoms with Gasteiger partial charge in [-0.25, -0.2) is 0 Å². The van der Waals surface area contributed by atoms with Crippen LogP contribution in [0.4, 0.5) is 0 Å². The fraction of sp³-hybridized carbons (Fsp3) is 0.417. The number of ether oxygens (including phenoxy) is 2. The van der Waals surface area contributed by atoms with Crippen molar-refractivity contribution in [2.75, 3.05) is 13.2 Å². The molecule has 1 aliphatic rings. The summed E-state index contributed by atoms with van der Waals surface area (Å²) < 4.78 is 22.9. The molecule has 1 heterocycles. The number of nitrogens with zero attached hydrogens (tertiary/aromatic N) is 1. The van der Waals surface area contributed by atoms with Gasteiger partial charge in [0.2, 0.25) is 0 Å². The van der Waals surface area contributed by atoms with Gasteiger partial charge in [-0.15, -0.1) is 0 Å². The van der Waals surface area contributed by atoms with Gasteiger partial charge < -0.3 is 9.47 Å². The first-order valence-corrected chi connectivity index (χ1v) is 6.61. The van der Waals surface area contributed by atoms with E-state index in [4.69, 9.17) is 14.7 Å². The third-order valence-electron chi connectivity index (χ3n) is 2.49. The lowest BCUT2D eigenvalue weighted by Crippen LogP contribution is -2.16. The Balaban J connectivity index is 2.22. The molecule has 2 unspecified atom stereocenters. The fourth-order valence-corrected chi connectivity index (χ4v) is 2.70. The van der Waals surface area contributed by atoms with E-state index in [-0.39, 0.29) is 11.7 Å². The van der Waals surface area contributed by atoms with Gasteiger partial charge in [0.25, 0.3) is 0 Å². The highest BCUT2D eigenvalue weighted by atomic mass is 32.2.